The molecule has 1 aromatic carbocycles. The Hall–Kier alpha value is -2.20. The molecular formula is C15H15N3O. The lowest BCUT2D eigenvalue weighted by atomic mass is 10.1. The number of aliphatic hydroxyl groups is 1. The molecule has 0 saturated carbocycles. The Labute approximate surface area is 111 Å². The molecule has 0 amide bonds. The van der Waals surface area contributed by atoms with Crippen LogP contribution in [-0.4, -0.2) is 19.9 Å². The minimum Gasteiger partial charge on any atom is -0.390 e. The molecule has 3 rings (SSSR count). The van der Waals surface area contributed by atoms with Crippen LogP contribution in [0.5, 0.6) is 0 Å². The fourth-order valence-corrected chi connectivity index (χ4v) is 2.32. The van der Waals surface area contributed by atoms with Gasteiger partial charge in [0.25, 0.3) is 0 Å². The van der Waals surface area contributed by atoms with Gasteiger partial charge in [0.1, 0.15) is 0 Å². The minimum absolute atomic E-state index is 0.0723. The van der Waals surface area contributed by atoms with Gasteiger partial charge in [0.2, 0.25) is 0 Å². The Bertz CT molecular complexity index is 746. The normalized spacial score (nSPS) is 11.1. The van der Waals surface area contributed by atoms with E-state index < -0.39 is 0 Å². The molecule has 1 N–H and O–H groups in total. The van der Waals surface area contributed by atoms with E-state index in [4.69, 9.17) is 0 Å². The molecule has 0 saturated heterocycles. The third-order valence-corrected chi connectivity index (χ3v) is 3.15. The molecule has 4 heteroatoms. The lowest BCUT2D eigenvalue weighted by Crippen LogP contribution is -2.05. The van der Waals surface area contributed by atoms with Crippen LogP contribution in [0.25, 0.3) is 16.6 Å². The highest BCUT2D eigenvalue weighted by Crippen LogP contribution is 2.22. The summed E-state index contributed by atoms with van der Waals surface area (Å²) >= 11 is 0. The summed E-state index contributed by atoms with van der Waals surface area (Å²) in [5.41, 5.74) is 2.64. The molecule has 2 aromatic heterocycles. The quantitative estimate of drug-likeness (QED) is 0.763. The van der Waals surface area contributed by atoms with Crippen molar-refractivity contribution in [2.45, 2.75) is 20.5 Å². The second-order valence-corrected chi connectivity index (χ2v) is 4.66. The second kappa shape index (κ2) is 4.48. The van der Waals surface area contributed by atoms with Crippen LogP contribution in [-0.2, 0) is 6.61 Å². The van der Waals surface area contributed by atoms with Gasteiger partial charge in [-0.2, -0.15) is 5.10 Å². The number of aliphatic hydroxyl groups excluding tert-OH is 1. The van der Waals surface area contributed by atoms with Crippen LogP contribution < -0.4 is 0 Å². The largest absolute Gasteiger partial charge is 0.390 e. The van der Waals surface area contributed by atoms with Gasteiger partial charge in [-0.05, 0) is 31.4 Å². The fourth-order valence-electron chi connectivity index (χ4n) is 2.32. The molecule has 0 atom stereocenters. The highest BCUT2D eigenvalue weighted by atomic mass is 16.3. The predicted molar refractivity (Wildman–Crippen MR) is 74.3 cm³/mol. The average molecular weight is 253 g/mol. The average Bonchev–Trinajstić information content (AvgIpc) is 2.76. The van der Waals surface area contributed by atoms with Crippen LogP contribution >= 0.6 is 0 Å². The Balaban J connectivity index is 2.35. The first-order chi connectivity index (χ1) is 9.19. The molecular weight excluding hydrogens is 238 g/mol. The van der Waals surface area contributed by atoms with Crippen LogP contribution in [0.4, 0.5) is 0 Å². The van der Waals surface area contributed by atoms with E-state index in [1.807, 2.05) is 54.9 Å². The zero-order valence-corrected chi connectivity index (χ0v) is 11.0. The summed E-state index contributed by atoms with van der Waals surface area (Å²) in [6.07, 6.45) is 0. The number of benzene rings is 1. The second-order valence-electron chi connectivity index (χ2n) is 4.66. The van der Waals surface area contributed by atoms with Crippen molar-refractivity contribution in [2.24, 2.45) is 0 Å². The first kappa shape index (κ1) is 11.9. The first-order valence-corrected chi connectivity index (χ1v) is 6.22. The Morgan fingerprint density at radius 3 is 2.63 bits per heavy atom. The minimum atomic E-state index is -0.0723. The van der Waals surface area contributed by atoms with Gasteiger partial charge in [-0.15, -0.1) is 0 Å². The molecule has 0 aliphatic rings. The number of nitrogens with zero attached hydrogens (tertiary/aromatic N) is 3. The van der Waals surface area contributed by atoms with Crippen molar-refractivity contribution < 1.29 is 5.11 Å². The molecule has 0 aliphatic heterocycles. The highest BCUT2D eigenvalue weighted by Gasteiger charge is 2.10. The Morgan fingerprint density at radius 1 is 1.16 bits per heavy atom. The summed E-state index contributed by atoms with van der Waals surface area (Å²) < 4.78 is 1.83. The van der Waals surface area contributed by atoms with Crippen molar-refractivity contribution in [1.82, 2.24) is 14.8 Å². The molecule has 0 aliphatic carbocycles. The maximum Gasteiger partial charge on any atom is 0.161 e. The van der Waals surface area contributed by atoms with Crippen LogP contribution in [0.1, 0.15) is 17.1 Å². The highest BCUT2D eigenvalue weighted by molar-refractivity contribution is 5.88. The van der Waals surface area contributed by atoms with Gasteiger partial charge >= 0.3 is 0 Å². The zero-order chi connectivity index (χ0) is 13.4. The third kappa shape index (κ3) is 2.00. The lowest BCUT2D eigenvalue weighted by Gasteiger charge is -2.09. The lowest BCUT2D eigenvalue weighted by molar-refractivity contribution is 0.277. The van der Waals surface area contributed by atoms with Crippen LogP contribution in [0, 0.1) is 13.8 Å². The van der Waals surface area contributed by atoms with Crippen molar-refractivity contribution in [1.29, 1.82) is 0 Å². The van der Waals surface area contributed by atoms with E-state index in [0.29, 0.717) is 5.69 Å². The summed E-state index contributed by atoms with van der Waals surface area (Å²) in [5, 5.41) is 15.9. The molecule has 0 bridgehead atoms. The van der Waals surface area contributed by atoms with Crippen LogP contribution in [0.2, 0.25) is 0 Å². The molecule has 4 nitrogen and oxygen atoms in total. The molecule has 0 radical (unpaired) electrons. The topological polar surface area (TPSA) is 50.9 Å². The summed E-state index contributed by atoms with van der Waals surface area (Å²) in [7, 11) is 0. The van der Waals surface area contributed by atoms with E-state index in [2.05, 4.69) is 10.1 Å². The number of aromatic nitrogens is 3. The van der Waals surface area contributed by atoms with Crippen molar-refractivity contribution in [2.75, 3.05) is 0 Å². The van der Waals surface area contributed by atoms with Gasteiger partial charge in [0, 0.05) is 11.1 Å². The van der Waals surface area contributed by atoms with Crippen LogP contribution in [0.15, 0.2) is 36.4 Å². The van der Waals surface area contributed by atoms with Crippen molar-refractivity contribution in [3.8, 4) is 5.82 Å². The molecule has 2 heterocycles. The Kier molecular flexibility index (Phi) is 2.80. The van der Waals surface area contributed by atoms with E-state index in [1.54, 1.807) is 0 Å². The van der Waals surface area contributed by atoms with E-state index in [0.717, 1.165) is 28.0 Å². The number of hydrogen-bond donors (Lipinski definition) is 1. The van der Waals surface area contributed by atoms with E-state index in [9.17, 15) is 5.11 Å². The van der Waals surface area contributed by atoms with Gasteiger partial charge in [-0.3, -0.25) is 0 Å². The smallest absolute Gasteiger partial charge is 0.161 e. The molecule has 96 valence electrons. The molecule has 0 unspecified atom stereocenters. The maximum absolute atomic E-state index is 9.35. The van der Waals surface area contributed by atoms with Gasteiger partial charge in [0.05, 0.1) is 18.0 Å². The van der Waals surface area contributed by atoms with Crippen molar-refractivity contribution >= 4 is 10.8 Å². The van der Waals surface area contributed by atoms with Crippen molar-refractivity contribution in [3.05, 3.63) is 53.5 Å². The Morgan fingerprint density at radius 2 is 1.95 bits per heavy atom. The third-order valence-electron chi connectivity index (χ3n) is 3.15. The summed E-state index contributed by atoms with van der Waals surface area (Å²) in [6.45, 7) is 3.89. The standard InChI is InChI=1S/C15H15N3O/c1-10-7-11(2)18(17-10)15-14-6-4-3-5-12(14)8-13(9-19)16-15/h3-8,19H,9H2,1-2H3. The SMILES string of the molecule is Cc1cc(C)n(-c2nc(CO)cc3ccccc23)n1. The number of hydrogen-bond acceptors (Lipinski definition) is 3. The van der Waals surface area contributed by atoms with Gasteiger partial charge in [-0.25, -0.2) is 9.67 Å². The van der Waals surface area contributed by atoms with Gasteiger partial charge < -0.3 is 5.11 Å². The number of fused-ring (bicyclic) bond motifs is 1. The van der Waals surface area contributed by atoms with E-state index in [1.165, 1.54) is 0 Å². The molecule has 19 heavy (non-hydrogen) atoms. The number of rotatable bonds is 2. The first-order valence-electron chi connectivity index (χ1n) is 6.22. The maximum atomic E-state index is 9.35. The molecule has 0 fully saturated rings. The summed E-state index contributed by atoms with van der Waals surface area (Å²) in [5.74, 6) is 0.771. The van der Waals surface area contributed by atoms with E-state index in [-0.39, 0.29) is 6.61 Å². The zero-order valence-electron chi connectivity index (χ0n) is 11.0. The monoisotopic (exact) mass is 253 g/mol. The van der Waals surface area contributed by atoms with Gasteiger partial charge in [0.15, 0.2) is 5.82 Å². The predicted octanol–water partition coefficient (Wildman–Crippen LogP) is 2.53. The van der Waals surface area contributed by atoms with E-state index >= 15 is 0 Å². The fraction of sp³-hybridized carbons (Fsp3) is 0.200. The number of aryl methyl sites for hydroxylation is 2. The summed E-state index contributed by atoms with van der Waals surface area (Å²) in [6, 6.07) is 11.9. The van der Waals surface area contributed by atoms with Gasteiger partial charge in [-0.1, -0.05) is 24.3 Å². The molecule has 3 aromatic rings. The van der Waals surface area contributed by atoms with Crippen LogP contribution in [0.3, 0.4) is 0 Å². The number of pyridine rings is 1. The summed E-state index contributed by atoms with van der Waals surface area (Å²) in [4.78, 5) is 4.51. The van der Waals surface area contributed by atoms with Crippen molar-refractivity contribution in [3.63, 3.8) is 0 Å². The molecule has 0 spiro atoms.